The number of hydrogen-bond acceptors (Lipinski definition) is 5. The van der Waals surface area contributed by atoms with Gasteiger partial charge in [0.1, 0.15) is 11.5 Å². The minimum Gasteiger partial charge on any atom is -0.348 e. The van der Waals surface area contributed by atoms with Crippen LogP contribution in [-0.2, 0) is 6.54 Å². The number of aromatic amines is 1. The van der Waals surface area contributed by atoms with Crippen molar-refractivity contribution < 1.29 is 4.79 Å². The minimum absolute atomic E-state index is 0.145. The molecule has 1 saturated heterocycles. The molecular formula is C19H22N6O. The Morgan fingerprint density at radius 1 is 1.23 bits per heavy atom. The number of fused-ring (bicyclic) bond motifs is 1. The van der Waals surface area contributed by atoms with Crippen LogP contribution in [0.4, 0.5) is 0 Å². The van der Waals surface area contributed by atoms with Crippen LogP contribution in [0.15, 0.2) is 42.9 Å². The molecule has 3 heterocycles. The lowest BCUT2D eigenvalue weighted by molar-refractivity contribution is 0.0927. The van der Waals surface area contributed by atoms with Crippen LogP contribution in [0.2, 0.25) is 0 Å². The van der Waals surface area contributed by atoms with Gasteiger partial charge in [-0.1, -0.05) is 12.1 Å². The molecule has 2 aromatic heterocycles. The van der Waals surface area contributed by atoms with Crippen LogP contribution in [0.5, 0.6) is 0 Å². The zero-order valence-electron chi connectivity index (χ0n) is 14.6. The number of nitrogens with one attached hydrogen (secondary N) is 2. The predicted octanol–water partition coefficient (Wildman–Crippen LogP) is 2.14. The predicted molar refractivity (Wildman–Crippen MR) is 98.5 cm³/mol. The third kappa shape index (κ3) is 3.88. The molecule has 0 unspecified atom stereocenters. The Morgan fingerprint density at radius 2 is 2.15 bits per heavy atom. The van der Waals surface area contributed by atoms with E-state index in [1.807, 2.05) is 24.3 Å². The number of benzene rings is 1. The molecule has 4 rings (SSSR count). The average Bonchev–Trinajstić information content (AvgIpc) is 2.95. The van der Waals surface area contributed by atoms with Crippen molar-refractivity contribution in [2.24, 2.45) is 0 Å². The number of aromatic nitrogens is 4. The standard InChI is InChI=1S/C19H22N6O/c26-19(17-12-20-8-9-21-17)22-14-4-3-10-25(11-7-14)13-18-23-15-5-1-2-6-16(15)24-18/h1-2,5-6,8-9,12,14H,3-4,7,10-11,13H2,(H,22,26)(H,23,24)/t14-/m0/s1. The number of H-pyrrole nitrogens is 1. The lowest BCUT2D eigenvalue weighted by atomic mass is 10.1. The third-order valence-corrected chi connectivity index (χ3v) is 4.76. The lowest BCUT2D eigenvalue weighted by Crippen LogP contribution is -2.36. The molecule has 1 aromatic carbocycles. The smallest absolute Gasteiger partial charge is 0.271 e. The molecule has 26 heavy (non-hydrogen) atoms. The van der Waals surface area contributed by atoms with Crippen LogP contribution in [0, 0.1) is 0 Å². The Hall–Kier alpha value is -2.80. The van der Waals surface area contributed by atoms with E-state index in [1.54, 1.807) is 6.20 Å². The zero-order valence-corrected chi connectivity index (χ0v) is 14.6. The summed E-state index contributed by atoms with van der Waals surface area (Å²) >= 11 is 0. The Bertz CT molecular complexity index is 845. The molecule has 3 aromatic rings. The number of para-hydroxylation sites is 2. The maximum absolute atomic E-state index is 12.3. The summed E-state index contributed by atoms with van der Waals surface area (Å²) in [4.78, 5) is 30.7. The van der Waals surface area contributed by atoms with Crippen molar-refractivity contribution >= 4 is 16.9 Å². The summed E-state index contributed by atoms with van der Waals surface area (Å²) in [6, 6.07) is 8.26. The Balaban J connectivity index is 1.33. The van der Waals surface area contributed by atoms with Gasteiger partial charge in [-0.25, -0.2) is 9.97 Å². The number of nitrogens with zero attached hydrogens (tertiary/aromatic N) is 4. The maximum atomic E-state index is 12.3. The van der Waals surface area contributed by atoms with E-state index in [0.29, 0.717) is 5.69 Å². The second-order valence-corrected chi connectivity index (χ2v) is 6.67. The molecule has 1 aliphatic rings. The van der Waals surface area contributed by atoms with Gasteiger partial charge in [-0.2, -0.15) is 0 Å². The Labute approximate surface area is 151 Å². The molecule has 7 heteroatoms. The van der Waals surface area contributed by atoms with Gasteiger partial charge in [0, 0.05) is 25.0 Å². The van der Waals surface area contributed by atoms with Crippen molar-refractivity contribution in [1.29, 1.82) is 0 Å². The summed E-state index contributed by atoms with van der Waals surface area (Å²) < 4.78 is 0. The number of likely N-dealkylation sites (tertiary alicyclic amines) is 1. The first kappa shape index (κ1) is 16.7. The number of amides is 1. The quantitative estimate of drug-likeness (QED) is 0.753. The van der Waals surface area contributed by atoms with E-state index in [1.165, 1.54) is 12.4 Å². The lowest BCUT2D eigenvalue weighted by Gasteiger charge is -2.19. The van der Waals surface area contributed by atoms with Gasteiger partial charge in [0.05, 0.1) is 23.8 Å². The first-order chi connectivity index (χ1) is 12.8. The van der Waals surface area contributed by atoms with Crippen molar-refractivity contribution in [3.8, 4) is 0 Å². The van der Waals surface area contributed by atoms with Gasteiger partial charge < -0.3 is 10.3 Å². The van der Waals surface area contributed by atoms with Crippen molar-refractivity contribution in [3.63, 3.8) is 0 Å². The van der Waals surface area contributed by atoms with E-state index in [9.17, 15) is 4.79 Å². The second kappa shape index (κ2) is 7.61. The van der Waals surface area contributed by atoms with E-state index in [2.05, 4.69) is 30.2 Å². The second-order valence-electron chi connectivity index (χ2n) is 6.67. The van der Waals surface area contributed by atoms with Crippen molar-refractivity contribution in [1.82, 2.24) is 30.2 Å². The summed E-state index contributed by atoms with van der Waals surface area (Å²) in [6.45, 7) is 2.75. The zero-order chi connectivity index (χ0) is 17.8. The highest BCUT2D eigenvalue weighted by molar-refractivity contribution is 5.92. The molecular weight excluding hydrogens is 328 g/mol. The molecule has 0 saturated carbocycles. The number of carbonyl (C=O) groups excluding carboxylic acids is 1. The molecule has 2 N–H and O–H groups in total. The number of imidazole rings is 1. The van der Waals surface area contributed by atoms with Crippen molar-refractivity contribution in [3.05, 3.63) is 54.4 Å². The first-order valence-electron chi connectivity index (χ1n) is 9.01. The molecule has 1 atom stereocenters. The van der Waals surface area contributed by atoms with Crippen LogP contribution in [-0.4, -0.2) is 49.9 Å². The molecule has 7 nitrogen and oxygen atoms in total. The SMILES string of the molecule is O=C(N[C@H]1CCCN(Cc2nc3ccccc3[nH]2)CC1)c1cnccn1. The van der Waals surface area contributed by atoms with Crippen molar-refractivity contribution in [2.75, 3.05) is 13.1 Å². The molecule has 1 amide bonds. The van der Waals surface area contributed by atoms with E-state index in [-0.39, 0.29) is 11.9 Å². The van der Waals surface area contributed by atoms with Gasteiger partial charge in [0.2, 0.25) is 0 Å². The Morgan fingerprint density at radius 3 is 3.00 bits per heavy atom. The van der Waals surface area contributed by atoms with Crippen LogP contribution < -0.4 is 5.32 Å². The Kier molecular flexibility index (Phi) is 4.88. The van der Waals surface area contributed by atoms with E-state index in [4.69, 9.17) is 0 Å². The number of carbonyl (C=O) groups is 1. The molecule has 0 aliphatic carbocycles. The van der Waals surface area contributed by atoms with Gasteiger partial charge in [-0.15, -0.1) is 0 Å². The van der Waals surface area contributed by atoms with Gasteiger partial charge in [0.25, 0.3) is 5.91 Å². The maximum Gasteiger partial charge on any atom is 0.271 e. The number of hydrogen-bond donors (Lipinski definition) is 2. The van der Waals surface area contributed by atoms with Gasteiger partial charge >= 0.3 is 0 Å². The van der Waals surface area contributed by atoms with Gasteiger partial charge in [-0.05, 0) is 37.9 Å². The van der Waals surface area contributed by atoms with Gasteiger partial charge in [-0.3, -0.25) is 14.7 Å². The largest absolute Gasteiger partial charge is 0.348 e. The molecule has 1 fully saturated rings. The topological polar surface area (TPSA) is 86.8 Å². The molecule has 0 spiro atoms. The third-order valence-electron chi connectivity index (χ3n) is 4.76. The van der Waals surface area contributed by atoms with E-state index >= 15 is 0 Å². The first-order valence-corrected chi connectivity index (χ1v) is 9.01. The molecule has 134 valence electrons. The fourth-order valence-electron chi connectivity index (χ4n) is 3.43. The molecule has 0 radical (unpaired) electrons. The minimum atomic E-state index is -0.145. The fourth-order valence-corrected chi connectivity index (χ4v) is 3.43. The summed E-state index contributed by atoms with van der Waals surface area (Å²) in [7, 11) is 0. The summed E-state index contributed by atoms with van der Waals surface area (Å²) in [5.41, 5.74) is 2.45. The van der Waals surface area contributed by atoms with Crippen LogP contribution >= 0.6 is 0 Å². The van der Waals surface area contributed by atoms with E-state index in [0.717, 1.165) is 55.8 Å². The highest BCUT2D eigenvalue weighted by atomic mass is 16.1. The van der Waals surface area contributed by atoms with E-state index < -0.39 is 0 Å². The van der Waals surface area contributed by atoms with Crippen LogP contribution in [0.1, 0.15) is 35.6 Å². The summed E-state index contributed by atoms with van der Waals surface area (Å²) in [5, 5.41) is 3.09. The fraction of sp³-hybridized carbons (Fsp3) is 0.368. The number of rotatable bonds is 4. The average molecular weight is 350 g/mol. The van der Waals surface area contributed by atoms with Crippen LogP contribution in [0.25, 0.3) is 11.0 Å². The molecule has 1 aliphatic heterocycles. The highest BCUT2D eigenvalue weighted by Crippen LogP contribution is 2.16. The van der Waals surface area contributed by atoms with Crippen molar-refractivity contribution in [2.45, 2.75) is 31.8 Å². The van der Waals surface area contributed by atoms with Crippen LogP contribution in [0.3, 0.4) is 0 Å². The molecule has 0 bridgehead atoms. The highest BCUT2D eigenvalue weighted by Gasteiger charge is 2.20. The monoisotopic (exact) mass is 350 g/mol. The summed E-state index contributed by atoms with van der Waals surface area (Å²) in [5.74, 6) is 0.849. The van der Waals surface area contributed by atoms with Gasteiger partial charge in [0.15, 0.2) is 0 Å². The summed E-state index contributed by atoms with van der Waals surface area (Å²) in [6.07, 6.45) is 7.55. The normalized spacial score (nSPS) is 18.5.